The average Bonchev–Trinajstić information content (AvgIpc) is 2.83. The molecule has 1 aromatic heterocycles. The van der Waals surface area contributed by atoms with E-state index in [1.807, 2.05) is 19.1 Å². The second-order valence-electron chi connectivity index (χ2n) is 9.42. The predicted molar refractivity (Wildman–Crippen MR) is 139 cm³/mol. The fourth-order valence-corrected chi connectivity index (χ4v) is 4.28. The van der Waals surface area contributed by atoms with E-state index < -0.39 is 11.7 Å². The maximum atomic E-state index is 13.6. The molecule has 2 aliphatic rings. The number of amides is 2. The van der Waals surface area contributed by atoms with Crippen LogP contribution in [0.5, 0.6) is 0 Å². The molecular formula is C25H35F3N8O. The van der Waals surface area contributed by atoms with Gasteiger partial charge in [-0.1, -0.05) is 6.92 Å². The quantitative estimate of drug-likeness (QED) is 0.434. The Morgan fingerprint density at radius 2 is 1.84 bits per heavy atom. The summed E-state index contributed by atoms with van der Waals surface area (Å²) in [4.78, 5) is 26.3. The molecule has 12 heteroatoms. The summed E-state index contributed by atoms with van der Waals surface area (Å²) in [5.74, 6) is -0.199. The smallest absolute Gasteiger partial charge is 0.369 e. The van der Waals surface area contributed by atoms with Crippen molar-refractivity contribution in [2.75, 3.05) is 74.9 Å². The van der Waals surface area contributed by atoms with Crippen molar-refractivity contribution in [3.63, 3.8) is 0 Å². The fraction of sp³-hybridized carbons (Fsp3) is 0.560. The third-order valence-corrected chi connectivity index (χ3v) is 6.74. The van der Waals surface area contributed by atoms with Gasteiger partial charge in [0, 0.05) is 69.9 Å². The molecule has 9 nitrogen and oxygen atoms in total. The number of halogens is 3. The molecule has 2 fully saturated rings. The Hall–Kier alpha value is -3.28. The van der Waals surface area contributed by atoms with E-state index >= 15 is 0 Å². The normalized spacial score (nSPS) is 16.4. The number of benzene rings is 1. The molecule has 202 valence electrons. The summed E-state index contributed by atoms with van der Waals surface area (Å²) >= 11 is 0. The number of hydrogen-bond donors (Lipinski definition) is 3. The molecule has 0 saturated carbocycles. The van der Waals surface area contributed by atoms with Crippen molar-refractivity contribution < 1.29 is 18.0 Å². The summed E-state index contributed by atoms with van der Waals surface area (Å²) in [6.07, 6.45) is -1.59. The number of aromatic nitrogens is 2. The lowest BCUT2D eigenvalue weighted by Gasteiger charge is -2.34. The molecule has 2 amide bonds. The van der Waals surface area contributed by atoms with Crippen LogP contribution in [-0.2, 0) is 12.6 Å². The third-order valence-electron chi connectivity index (χ3n) is 6.74. The highest BCUT2D eigenvalue weighted by Crippen LogP contribution is 2.34. The first kappa shape index (κ1) is 26.8. The van der Waals surface area contributed by atoms with Gasteiger partial charge in [0.2, 0.25) is 5.95 Å². The zero-order valence-corrected chi connectivity index (χ0v) is 21.4. The van der Waals surface area contributed by atoms with Crippen LogP contribution >= 0.6 is 0 Å². The number of rotatable bonds is 9. The Morgan fingerprint density at radius 3 is 2.49 bits per heavy atom. The van der Waals surface area contributed by atoms with Crippen LogP contribution in [0.3, 0.4) is 0 Å². The molecule has 0 unspecified atom stereocenters. The number of likely N-dealkylation sites (tertiary alicyclic amines) is 1. The summed E-state index contributed by atoms with van der Waals surface area (Å²) in [6, 6.07) is 5.93. The first-order chi connectivity index (χ1) is 17.7. The van der Waals surface area contributed by atoms with E-state index in [9.17, 15) is 18.0 Å². The second-order valence-corrected chi connectivity index (χ2v) is 9.42. The van der Waals surface area contributed by atoms with E-state index in [1.54, 1.807) is 4.90 Å². The Labute approximate surface area is 215 Å². The Bertz CT molecular complexity index is 1070. The van der Waals surface area contributed by atoms with Gasteiger partial charge < -0.3 is 30.7 Å². The van der Waals surface area contributed by atoms with Gasteiger partial charge in [0.15, 0.2) is 0 Å². The molecule has 4 rings (SSSR count). The number of likely N-dealkylation sites (N-methyl/N-ethyl adjacent to an activating group) is 1. The second kappa shape index (κ2) is 11.8. The van der Waals surface area contributed by atoms with Crippen molar-refractivity contribution in [3.05, 3.63) is 35.5 Å². The number of alkyl halides is 3. The number of carbonyl (C=O) groups excluding carboxylic acids is 1. The molecule has 3 N–H and O–H groups in total. The van der Waals surface area contributed by atoms with Gasteiger partial charge in [-0.3, -0.25) is 0 Å². The van der Waals surface area contributed by atoms with Crippen LogP contribution in [0.2, 0.25) is 0 Å². The van der Waals surface area contributed by atoms with E-state index in [0.717, 1.165) is 75.2 Å². The number of piperazine rings is 1. The number of aryl methyl sites for hydroxylation is 1. The van der Waals surface area contributed by atoms with Crippen molar-refractivity contribution >= 4 is 29.2 Å². The lowest BCUT2D eigenvalue weighted by Crippen LogP contribution is -2.48. The number of anilines is 4. The van der Waals surface area contributed by atoms with Crippen molar-refractivity contribution in [1.29, 1.82) is 0 Å². The lowest BCUT2D eigenvalue weighted by molar-refractivity contribution is -0.137. The molecule has 3 heterocycles. The van der Waals surface area contributed by atoms with Gasteiger partial charge in [0.25, 0.3) is 0 Å². The molecule has 2 saturated heterocycles. The third kappa shape index (κ3) is 6.94. The van der Waals surface area contributed by atoms with Crippen molar-refractivity contribution in [2.45, 2.75) is 32.4 Å². The standard InChI is InChI=1S/C25H35F3N8O/c1-3-18-16-19(35-14-12-34(2)13-15-35)6-7-21(18)32-23-31-17-20(25(26,27)28)22(33-23)29-8-4-9-30-24(37)36-10-5-11-36/h6-7,16-17H,3-5,8-15H2,1-2H3,(H,30,37)(H2,29,31,32,33). The van der Waals surface area contributed by atoms with Crippen LogP contribution in [-0.4, -0.2) is 85.2 Å². The van der Waals surface area contributed by atoms with Gasteiger partial charge in [0.05, 0.1) is 0 Å². The first-order valence-corrected chi connectivity index (χ1v) is 12.8. The molecule has 2 aromatic rings. The maximum Gasteiger partial charge on any atom is 0.421 e. The molecule has 2 aliphatic heterocycles. The first-order valence-electron chi connectivity index (χ1n) is 12.8. The predicted octanol–water partition coefficient (Wildman–Crippen LogP) is 3.77. The molecule has 0 aliphatic carbocycles. The molecule has 0 bridgehead atoms. The van der Waals surface area contributed by atoms with Crippen molar-refractivity contribution in [2.24, 2.45) is 0 Å². The highest BCUT2D eigenvalue weighted by Gasteiger charge is 2.35. The van der Waals surface area contributed by atoms with E-state index in [0.29, 0.717) is 13.0 Å². The SMILES string of the molecule is CCc1cc(N2CCN(C)CC2)ccc1Nc1ncc(C(F)(F)F)c(NCCCNC(=O)N2CCC2)n1. The number of hydrogen-bond acceptors (Lipinski definition) is 7. The number of nitrogens with one attached hydrogen (secondary N) is 3. The van der Waals surface area contributed by atoms with Crippen LogP contribution in [0.1, 0.15) is 30.9 Å². The van der Waals surface area contributed by atoms with Crippen LogP contribution in [0.25, 0.3) is 0 Å². The van der Waals surface area contributed by atoms with Crippen molar-refractivity contribution in [3.8, 4) is 0 Å². The Morgan fingerprint density at radius 1 is 1.08 bits per heavy atom. The van der Waals surface area contributed by atoms with Crippen molar-refractivity contribution in [1.82, 2.24) is 25.1 Å². The zero-order chi connectivity index (χ0) is 26.4. The molecule has 37 heavy (non-hydrogen) atoms. The molecular weight excluding hydrogens is 485 g/mol. The molecule has 1 aromatic carbocycles. The van der Waals surface area contributed by atoms with E-state index in [4.69, 9.17) is 0 Å². The van der Waals surface area contributed by atoms with E-state index in [-0.39, 0.29) is 24.3 Å². The fourth-order valence-electron chi connectivity index (χ4n) is 4.28. The van der Waals surface area contributed by atoms with Crippen LogP contribution in [0.4, 0.5) is 41.1 Å². The zero-order valence-electron chi connectivity index (χ0n) is 21.4. The van der Waals surface area contributed by atoms with Gasteiger partial charge >= 0.3 is 12.2 Å². The minimum absolute atomic E-state index is 0.0867. The molecule has 0 atom stereocenters. The van der Waals surface area contributed by atoms with Crippen LogP contribution < -0.4 is 20.9 Å². The Balaban J connectivity index is 1.41. The minimum atomic E-state index is -4.59. The lowest BCUT2D eigenvalue weighted by atomic mass is 10.1. The summed E-state index contributed by atoms with van der Waals surface area (Å²) in [7, 11) is 2.11. The van der Waals surface area contributed by atoms with Gasteiger partial charge in [-0.2, -0.15) is 18.2 Å². The Kier molecular flexibility index (Phi) is 8.57. The highest BCUT2D eigenvalue weighted by molar-refractivity contribution is 5.74. The average molecular weight is 521 g/mol. The summed E-state index contributed by atoms with van der Waals surface area (Å²) in [5, 5.41) is 8.65. The van der Waals surface area contributed by atoms with Gasteiger partial charge in [-0.25, -0.2) is 9.78 Å². The maximum absolute atomic E-state index is 13.6. The summed E-state index contributed by atoms with van der Waals surface area (Å²) < 4.78 is 40.7. The van der Waals surface area contributed by atoms with Crippen LogP contribution in [0.15, 0.2) is 24.4 Å². The summed E-state index contributed by atoms with van der Waals surface area (Å²) in [6.45, 7) is 8.01. The van der Waals surface area contributed by atoms with Gasteiger partial charge in [-0.15, -0.1) is 0 Å². The van der Waals surface area contributed by atoms with Gasteiger partial charge in [0.1, 0.15) is 11.4 Å². The van der Waals surface area contributed by atoms with E-state index in [1.165, 1.54) is 0 Å². The molecule has 0 spiro atoms. The number of nitrogens with zero attached hydrogens (tertiary/aromatic N) is 5. The van der Waals surface area contributed by atoms with E-state index in [2.05, 4.69) is 48.8 Å². The highest BCUT2D eigenvalue weighted by atomic mass is 19.4. The summed E-state index contributed by atoms with van der Waals surface area (Å²) in [5.41, 5.74) is 2.00. The minimum Gasteiger partial charge on any atom is -0.369 e. The largest absolute Gasteiger partial charge is 0.421 e. The van der Waals surface area contributed by atoms with Crippen LogP contribution in [0, 0.1) is 0 Å². The number of carbonyl (C=O) groups is 1. The monoisotopic (exact) mass is 520 g/mol. The van der Waals surface area contributed by atoms with Gasteiger partial charge in [-0.05, 0) is 50.1 Å². The number of urea groups is 1. The molecule has 0 radical (unpaired) electrons. The topological polar surface area (TPSA) is 88.7 Å².